The molecule has 136 valence electrons. The lowest BCUT2D eigenvalue weighted by Crippen LogP contribution is -2.50. The van der Waals surface area contributed by atoms with Crippen molar-refractivity contribution in [2.24, 2.45) is 0 Å². The number of halogens is 2. The highest BCUT2D eigenvalue weighted by atomic mass is 19.1. The number of benzene rings is 1. The molecule has 9 heteroatoms. The van der Waals surface area contributed by atoms with E-state index < -0.39 is 11.6 Å². The molecule has 0 bridgehead atoms. The summed E-state index contributed by atoms with van der Waals surface area (Å²) in [6, 6.07) is 3.10. The number of rotatable bonds is 3. The van der Waals surface area contributed by atoms with Crippen LogP contribution in [-0.2, 0) is 4.79 Å². The zero-order valence-corrected chi connectivity index (χ0v) is 14.1. The van der Waals surface area contributed by atoms with Crippen LogP contribution in [0.1, 0.15) is 17.3 Å². The highest BCUT2D eigenvalue weighted by Gasteiger charge is 2.23. The van der Waals surface area contributed by atoms with Gasteiger partial charge in [0.05, 0.1) is 11.3 Å². The standard InChI is InChI=1S/C17H17F2N5O2/c1-11(25)23-4-6-24(7-5-23)16(26)12-9-20-17(21-10-12)22-15-3-2-13(18)8-14(15)19/h2-3,8-10H,4-7H2,1H3,(H,20,21,22). The van der Waals surface area contributed by atoms with E-state index in [4.69, 9.17) is 0 Å². The van der Waals surface area contributed by atoms with Crippen molar-refractivity contribution >= 4 is 23.5 Å². The molecule has 3 rings (SSSR count). The molecule has 0 radical (unpaired) electrons. The van der Waals surface area contributed by atoms with Gasteiger partial charge in [0.15, 0.2) is 0 Å². The molecule has 0 aliphatic carbocycles. The molecule has 2 amide bonds. The number of aromatic nitrogens is 2. The first-order valence-corrected chi connectivity index (χ1v) is 8.03. The van der Waals surface area contributed by atoms with Gasteiger partial charge in [-0.25, -0.2) is 18.7 Å². The average Bonchev–Trinajstić information content (AvgIpc) is 2.64. The summed E-state index contributed by atoms with van der Waals surface area (Å²) in [6.45, 7) is 3.37. The molecule has 1 N–H and O–H groups in total. The van der Waals surface area contributed by atoms with Crippen LogP contribution in [0, 0.1) is 11.6 Å². The van der Waals surface area contributed by atoms with Gasteiger partial charge in [0.25, 0.3) is 5.91 Å². The van der Waals surface area contributed by atoms with Crippen LogP contribution in [0.3, 0.4) is 0 Å². The van der Waals surface area contributed by atoms with Crippen LogP contribution in [0.4, 0.5) is 20.4 Å². The normalized spacial score (nSPS) is 14.3. The van der Waals surface area contributed by atoms with Crippen LogP contribution in [0.25, 0.3) is 0 Å². The Kier molecular flexibility index (Phi) is 5.06. The third kappa shape index (κ3) is 3.93. The van der Waals surface area contributed by atoms with Crippen LogP contribution in [0.2, 0.25) is 0 Å². The Bertz CT molecular complexity index is 820. The van der Waals surface area contributed by atoms with Gasteiger partial charge in [-0.05, 0) is 12.1 Å². The summed E-state index contributed by atoms with van der Waals surface area (Å²) in [4.78, 5) is 35.1. The highest BCUT2D eigenvalue weighted by Crippen LogP contribution is 2.18. The van der Waals surface area contributed by atoms with Crippen LogP contribution < -0.4 is 5.32 Å². The summed E-state index contributed by atoms with van der Waals surface area (Å²) in [6.07, 6.45) is 2.69. The number of hydrogen-bond acceptors (Lipinski definition) is 5. The number of nitrogens with one attached hydrogen (secondary N) is 1. The molecular weight excluding hydrogens is 344 g/mol. The van der Waals surface area contributed by atoms with Crippen LogP contribution in [0.15, 0.2) is 30.6 Å². The van der Waals surface area contributed by atoms with Crippen molar-refractivity contribution in [3.05, 3.63) is 47.8 Å². The molecule has 2 heterocycles. The first-order valence-electron chi connectivity index (χ1n) is 8.03. The highest BCUT2D eigenvalue weighted by molar-refractivity contribution is 5.94. The molecule has 1 fully saturated rings. The van der Waals surface area contributed by atoms with Gasteiger partial charge in [-0.3, -0.25) is 9.59 Å². The molecule has 7 nitrogen and oxygen atoms in total. The first-order chi connectivity index (χ1) is 12.4. The van der Waals surface area contributed by atoms with Crippen LogP contribution in [0.5, 0.6) is 0 Å². The van der Waals surface area contributed by atoms with Crippen molar-refractivity contribution in [3.63, 3.8) is 0 Å². The molecular formula is C17H17F2N5O2. The second-order valence-electron chi connectivity index (χ2n) is 5.84. The third-order valence-corrected chi connectivity index (χ3v) is 4.09. The number of carbonyl (C=O) groups is 2. The number of piperazine rings is 1. The summed E-state index contributed by atoms with van der Waals surface area (Å²) >= 11 is 0. The molecule has 1 aliphatic rings. The van der Waals surface area contributed by atoms with E-state index in [1.807, 2.05) is 0 Å². The van der Waals surface area contributed by atoms with E-state index in [0.717, 1.165) is 12.1 Å². The molecule has 0 saturated carbocycles. The lowest BCUT2D eigenvalue weighted by molar-refractivity contribution is -0.130. The van der Waals surface area contributed by atoms with Gasteiger partial charge in [0.1, 0.15) is 11.6 Å². The Hall–Kier alpha value is -3.10. The maximum atomic E-state index is 13.6. The van der Waals surface area contributed by atoms with Gasteiger partial charge in [0.2, 0.25) is 11.9 Å². The average molecular weight is 361 g/mol. The second-order valence-corrected chi connectivity index (χ2v) is 5.84. The van der Waals surface area contributed by atoms with Crippen molar-refractivity contribution in [2.75, 3.05) is 31.5 Å². The fraction of sp³-hybridized carbons (Fsp3) is 0.294. The van der Waals surface area contributed by atoms with Crippen molar-refractivity contribution in [3.8, 4) is 0 Å². The van der Waals surface area contributed by atoms with E-state index in [9.17, 15) is 18.4 Å². The Morgan fingerprint density at radius 3 is 2.23 bits per heavy atom. The predicted molar refractivity (Wildman–Crippen MR) is 89.8 cm³/mol. The first kappa shape index (κ1) is 17.7. The Labute approximate surface area is 148 Å². The Balaban J connectivity index is 1.64. The molecule has 0 atom stereocenters. The van der Waals surface area contributed by atoms with Gasteiger partial charge in [0, 0.05) is 51.6 Å². The molecule has 0 unspecified atom stereocenters. The summed E-state index contributed by atoms with van der Waals surface area (Å²) in [5.41, 5.74) is 0.331. The zero-order chi connectivity index (χ0) is 18.7. The minimum atomic E-state index is -0.767. The number of nitrogens with zero attached hydrogens (tertiary/aromatic N) is 4. The zero-order valence-electron chi connectivity index (χ0n) is 14.1. The maximum absolute atomic E-state index is 13.6. The fourth-order valence-corrected chi connectivity index (χ4v) is 2.62. The predicted octanol–water partition coefficient (Wildman–Crippen LogP) is 1.80. The summed E-state index contributed by atoms with van der Waals surface area (Å²) in [5, 5.41) is 2.63. The smallest absolute Gasteiger partial charge is 0.257 e. The number of carbonyl (C=O) groups excluding carboxylic acids is 2. The second kappa shape index (κ2) is 7.42. The van der Waals surface area contributed by atoms with E-state index in [0.29, 0.717) is 31.7 Å². The van der Waals surface area contributed by atoms with E-state index in [1.54, 1.807) is 9.80 Å². The number of anilines is 2. The number of amides is 2. The SMILES string of the molecule is CC(=O)N1CCN(C(=O)c2cnc(Nc3ccc(F)cc3F)nc2)CC1. The quantitative estimate of drug-likeness (QED) is 0.902. The molecule has 0 spiro atoms. The molecule has 1 aliphatic heterocycles. The maximum Gasteiger partial charge on any atom is 0.257 e. The van der Waals surface area contributed by atoms with Crippen molar-refractivity contribution < 1.29 is 18.4 Å². The van der Waals surface area contributed by atoms with E-state index in [1.165, 1.54) is 25.4 Å². The van der Waals surface area contributed by atoms with Crippen molar-refractivity contribution in [1.29, 1.82) is 0 Å². The van der Waals surface area contributed by atoms with Gasteiger partial charge < -0.3 is 15.1 Å². The van der Waals surface area contributed by atoms with E-state index >= 15 is 0 Å². The molecule has 1 saturated heterocycles. The Morgan fingerprint density at radius 2 is 1.65 bits per heavy atom. The molecule has 1 aromatic carbocycles. The molecule has 26 heavy (non-hydrogen) atoms. The third-order valence-electron chi connectivity index (χ3n) is 4.09. The fourth-order valence-electron chi connectivity index (χ4n) is 2.62. The van der Waals surface area contributed by atoms with Crippen molar-refractivity contribution in [1.82, 2.24) is 19.8 Å². The van der Waals surface area contributed by atoms with Crippen molar-refractivity contribution in [2.45, 2.75) is 6.92 Å². The lowest BCUT2D eigenvalue weighted by Gasteiger charge is -2.34. The topological polar surface area (TPSA) is 78.4 Å². The van der Waals surface area contributed by atoms with Crippen LogP contribution >= 0.6 is 0 Å². The van der Waals surface area contributed by atoms with Gasteiger partial charge in [-0.15, -0.1) is 0 Å². The minimum Gasteiger partial charge on any atom is -0.339 e. The van der Waals surface area contributed by atoms with E-state index in [-0.39, 0.29) is 23.5 Å². The molecule has 1 aromatic heterocycles. The van der Waals surface area contributed by atoms with Crippen LogP contribution in [-0.4, -0.2) is 57.8 Å². The van der Waals surface area contributed by atoms with Gasteiger partial charge >= 0.3 is 0 Å². The summed E-state index contributed by atoms with van der Waals surface area (Å²) in [7, 11) is 0. The monoisotopic (exact) mass is 361 g/mol. The molecule has 2 aromatic rings. The van der Waals surface area contributed by atoms with Gasteiger partial charge in [-0.1, -0.05) is 0 Å². The largest absolute Gasteiger partial charge is 0.339 e. The minimum absolute atomic E-state index is 0.0103. The summed E-state index contributed by atoms with van der Waals surface area (Å²) < 4.78 is 26.5. The van der Waals surface area contributed by atoms with E-state index in [2.05, 4.69) is 15.3 Å². The van der Waals surface area contributed by atoms with Gasteiger partial charge in [-0.2, -0.15) is 0 Å². The lowest BCUT2D eigenvalue weighted by atomic mass is 10.2. The Morgan fingerprint density at radius 1 is 1.04 bits per heavy atom. The number of hydrogen-bond donors (Lipinski definition) is 1. The summed E-state index contributed by atoms with van der Waals surface area (Å²) in [5.74, 6) is -1.60.